The molecule has 3 heterocycles. The summed E-state index contributed by atoms with van der Waals surface area (Å²) in [6.07, 6.45) is 4.17. The smallest absolute Gasteiger partial charge is 0.414 e. The Morgan fingerprint density at radius 3 is 2.64 bits per heavy atom. The Balaban J connectivity index is 1.37. The third-order valence-corrected chi connectivity index (χ3v) is 5.23. The van der Waals surface area contributed by atoms with Crippen LogP contribution in [0, 0.1) is 5.82 Å². The van der Waals surface area contributed by atoms with E-state index in [0.717, 1.165) is 11.1 Å². The summed E-state index contributed by atoms with van der Waals surface area (Å²) in [4.78, 5) is 33.0. The minimum Gasteiger partial charge on any atom is -0.442 e. The number of ether oxygens (including phenoxy) is 1. The zero-order chi connectivity index (χ0) is 23.2. The highest BCUT2D eigenvalue weighted by Gasteiger charge is 2.32. The number of carbonyl (C=O) groups is 2. The topological polar surface area (TPSA) is 96.5 Å². The lowest BCUT2D eigenvalue weighted by atomic mass is 10.1. The summed E-state index contributed by atoms with van der Waals surface area (Å²) in [6, 6.07) is 12.1. The molecule has 2 N–H and O–H groups in total. The molecule has 2 aromatic heterocycles. The number of carbonyl (C=O) groups excluding carboxylic acids is 2. The number of amides is 2. The van der Waals surface area contributed by atoms with Crippen molar-refractivity contribution in [2.45, 2.75) is 26.1 Å². The fourth-order valence-electron chi connectivity index (χ4n) is 3.52. The first-order chi connectivity index (χ1) is 16.0. The monoisotopic (exact) mass is 449 g/mol. The van der Waals surface area contributed by atoms with Gasteiger partial charge in [0.2, 0.25) is 5.91 Å². The molecule has 170 valence electrons. The van der Waals surface area contributed by atoms with Gasteiger partial charge in [-0.1, -0.05) is 6.07 Å². The van der Waals surface area contributed by atoms with Gasteiger partial charge in [-0.25, -0.2) is 9.18 Å². The first-order valence-electron chi connectivity index (χ1n) is 10.6. The van der Waals surface area contributed by atoms with Gasteiger partial charge in [0, 0.05) is 44.2 Å². The van der Waals surface area contributed by atoms with Gasteiger partial charge in [0.1, 0.15) is 11.9 Å². The molecule has 0 bridgehead atoms. The van der Waals surface area contributed by atoms with Gasteiger partial charge in [0.05, 0.1) is 24.5 Å². The van der Waals surface area contributed by atoms with Gasteiger partial charge in [-0.3, -0.25) is 19.7 Å². The molecule has 1 aliphatic heterocycles. The number of cyclic esters (lactones) is 1. The van der Waals surface area contributed by atoms with E-state index in [1.54, 1.807) is 36.8 Å². The molecule has 1 fully saturated rings. The van der Waals surface area contributed by atoms with E-state index in [9.17, 15) is 14.0 Å². The van der Waals surface area contributed by atoms with Gasteiger partial charge in [-0.2, -0.15) is 0 Å². The Hall–Kier alpha value is -3.85. The van der Waals surface area contributed by atoms with E-state index in [0.29, 0.717) is 30.0 Å². The van der Waals surface area contributed by atoms with Crippen LogP contribution in [0.3, 0.4) is 0 Å². The molecule has 1 atom stereocenters. The fraction of sp³-hybridized carbons (Fsp3) is 0.250. The van der Waals surface area contributed by atoms with Crippen LogP contribution in [-0.2, 0) is 22.6 Å². The second-order valence-corrected chi connectivity index (χ2v) is 7.73. The van der Waals surface area contributed by atoms with E-state index >= 15 is 0 Å². The summed E-state index contributed by atoms with van der Waals surface area (Å²) >= 11 is 0. The van der Waals surface area contributed by atoms with Gasteiger partial charge < -0.3 is 15.4 Å². The van der Waals surface area contributed by atoms with E-state index in [1.807, 2.05) is 18.2 Å². The van der Waals surface area contributed by atoms with Crippen LogP contribution < -0.4 is 15.5 Å². The fourth-order valence-corrected chi connectivity index (χ4v) is 3.52. The third-order valence-electron chi connectivity index (χ3n) is 5.23. The molecule has 8 nitrogen and oxygen atoms in total. The lowest BCUT2D eigenvalue weighted by molar-refractivity contribution is -0.119. The second-order valence-electron chi connectivity index (χ2n) is 7.73. The number of hydrogen-bond acceptors (Lipinski definition) is 6. The average Bonchev–Trinajstić information content (AvgIpc) is 3.19. The van der Waals surface area contributed by atoms with E-state index < -0.39 is 18.0 Å². The van der Waals surface area contributed by atoms with Crippen molar-refractivity contribution in [3.8, 4) is 11.3 Å². The van der Waals surface area contributed by atoms with Gasteiger partial charge in [0.25, 0.3) is 0 Å². The van der Waals surface area contributed by atoms with E-state index in [-0.39, 0.29) is 19.0 Å². The lowest BCUT2D eigenvalue weighted by Crippen LogP contribution is -2.33. The molecule has 1 aliphatic rings. The number of anilines is 1. The first kappa shape index (κ1) is 22.3. The lowest BCUT2D eigenvalue weighted by Gasteiger charge is -2.14. The molecule has 9 heteroatoms. The summed E-state index contributed by atoms with van der Waals surface area (Å²) in [5, 5.41) is 5.95. The van der Waals surface area contributed by atoms with E-state index in [2.05, 4.69) is 20.6 Å². The maximum Gasteiger partial charge on any atom is 0.414 e. The minimum absolute atomic E-state index is 0.206. The van der Waals surface area contributed by atoms with Gasteiger partial charge in [0.15, 0.2) is 0 Å². The van der Waals surface area contributed by atoms with Crippen LogP contribution in [0.1, 0.15) is 18.1 Å². The molecule has 2 amide bonds. The molecule has 0 aliphatic carbocycles. The normalized spacial score (nSPS) is 15.4. The number of hydrogen-bond donors (Lipinski definition) is 2. The van der Waals surface area contributed by atoms with Crippen LogP contribution in [0.4, 0.5) is 14.9 Å². The summed E-state index contributed by atoms with van der Waals surface area (Å²) in [6.45, 7) is 3.18. The van der Waals surface area contributed by atoms with Crippen LogP contribution in [-0.4, -0.2) is 41.2 Å². The Bertz CT molecular complexity index is 1120. The zero-order valence-electron chi connectivity index (χ0n) is 18.1. The predicted molar refractivity (Wildman–Crippen MR) is 121 cm³/mol. The molecular weight excluding hydrogens is 425 g/mol. The van der Waals surface area contributed by atoms with Crippen molar-refractivity contribution >= 4 is 17.7 Å². The number of benzene rings is 1. The first-order valence-corrected chi connectivity index (χ1v) is 10.6. The van der Waals surface area contributed by atoms with Gasteiger partial charge in [-0.15, -0.1) is 0 Å². The summed E-state index contributed by atoms with van der Waals surface area (Å²) in [5.74, 6) is -0.690. The predicted octanol–water partition coefficient (Wildman–Crippen LogP) is 3.03. The number of pyridine rings is 2. The maximum atomic E-state index is 14.9. The molecule has 3 aromatic rings. The van der Waals surface area contributed by atoms with E-state index in [1.165, 1.54) is 17.9 Å². The molecule has 4 rings (SSSR count). The number of nitrogens with zero attached hydrogens (tertiary/aromatic N) is 3. The van der Waals surface area contributed by atoms with Crippen molar-refractivity contribution in [1.82, 2.24) is 20.6 Å². The van der Waals surface area contributed by atoms with Crippen LogP contribution in [0.2, 0.25) is 0 Å². The minimum atomic E-state index is -0.570. The van der Waals surface area contributed by atoms with Crippen molar-refractivity contribution in [3.05, 3.63) is 78.0 Å². The highest BCUT2D eigenvalue weighted by atomic mass is 19.1. The largest absolute Gasteiger partial charge is 0.442 e. The van der Waals surface area contributed by atoms with Crippen LogP contribution in [0.5, 0.6) is 0 Å². The molecule has 0 spiro atoms. The molecule has 1 aromatic carbocycles. The Kier molecular flexibility index (Phi) is 6.89. The zero-order valence-corrected chi connectivity index (χ0v) is 18.1. The average molecular weight is 449 g/mol. The quantitative estimate of drug-likeness (QED) is 0.549. The summed E-state index contributed by atoms with van der Waals surface area (Å²) < 4.78 is 20.1. The molecular formula is C24H24FN5O3. The number of aromatic nitrogens is 2. The Morgan fingerprint density at radius 1 is 1.15 bits per heavy atom. The Labute approximate surface area is 190 Å². The molecule has 0 saturated carbocycles. The van der Waals surface area contributed by atoms with Crippen molar-refractivity contribution < 1.29 is 18.7 Å². The standard InChI is InChI=1S/C24H24FN5O3/c1-16(31)28-14-20-15-30(24(32)33-20)19-3-4-21(22(25)10-19)23-5-2-18(13-29-23)12-27-11-17-6-8-26-9-7-17/h2-10,13,20,27H,11-12,14-15H2,1H3,(H,28,31)/t20-/m0/s1. The number of nitrogens with one attached hydrogen (secondary N) is 2. The van der Waals surface area contributed by atoms with E-state index in [4.69, 9.17) is 4.74 Å². The summed E-state index contributed by atoms with van der Waals surface area (Å²) in [7, 11) is 0. The highest BCUT2D eigenvalue weighted by Crippen LogP contribution is 2.28. The van der Waals surface area contributed by atoms with Crippen molar-refractivity contribution in [1.29, 1.82) is 0 Å². The van der Waals surface area contributed by atoms with Gasteiger partial charge in [-0.05, 0) is 47.5 Å². The molecule has 0 unspecified atom stereocenters. The second kappa shape index (κ2) is 10.2. The number of rotatable bonds is 8. The van der Waals surface area contributed by atoms with Crippen LogP contribution in [0.25, 0.3) is 11.3 Å². The molecule has 1 saturated heterocycles. The Morgan fingerprint density at radius 2 is 1.94 bits per heavy atom. The van der Waals surface area contributed by atoms with Crippen molar-refractivity contribution in [3.63, 3.8) is 0 Å². The van der Waals surface area contributed by atoms with Crippen LogP contribution >= 0.6 is 0 Å². The van der Waals surface area contributed by atoms with Gasteiger partial charge >= 0.3 is 6.09 Å². The maximum absolute atomic E-state index is 14.9. The van der Waals surface area contributed by atoms with Crippen molar-refractivity contribution in [2.75, 3.05) is 18.0 Å². The van der Waals surface area contributed by atoms with Crippen molar-refractivity contribution in [2.24, 2.45) is 0 Å². The third kappa shape index (κ3) is 5.69. The molecule has 0 radical (unpaired) electrons. The van der Waals surface area contributed by atoms with Crippen LogP contribution in [0.15, 0.2) is 61.1 Å². The SMILES string of the molecule is CC(=O)NC[C@H]1CN(c2ccc(-c3ccc(CNCc4ccncc4)cn3)c(F)c2)C(=O)O1. The number of halogens is 1. The highest BCUT2D eigenvalue weighted by molar-refractivity contribution is 5.90. The molecule has 33 heavy (non-hydrogen) atoms. The summed E-state index contributed by atoms with van der Waals surface area (Å²) in [5.41, 5.74) is 3.36.